The van der Waals surface area contributed by atoms with E-state index in [2.05, 4.69) is 10.2 Å². The van der Waals surface area contributed by atoms with Gasteiger partial charge in [0.15, 0.2) is 5.82 Å². The van der Waals surface area contributed by atoms with E-state index in [-0.39, 0.29) is 17.7 Å². The Hall–Kier alpha value is -2.99. The maximum Gasteiger partial charge on any atom is 0.227 e. The molecule has 4 rings (SSSR count). The third kappa shape index (κ3) is 4.22. The van der Waals surface area contributed by atoms with Crippen molar-refractivity contribution in [2.75, 3.05) is 26.8 Å². The summed E-state index contributed by atoms with van der Waals surface area (Å²) in [5.74, 6) is 1.92. The van der Waals surface area contributed by atoms with Crippen LogP contribution in [0, 0.1) is 12.8 Å². The number of benzene rings is 2. The summed E-state index contributed by atoms with van der Waals surface area (Å²) in [6, 6.07) is 18.0. The standard InChI is InChI=1S/C23H26N4O2/c1-16-8-6-7-11-18(16)12-21(28)27-13-19(15-29-2)20(14-27)23-24-22(25-26-23)17-9-4-3-5-10-17/h3-11,19-20H,12-15H2,1-2H3,(H,24,25,26)/t19-,20+/m0/s1. The van der Waals surface area contributed by atoms with Crippen LogP contribution in [-0.2, 0) is 16.0 Å². The summed E-state index contributed by atoms with van der Waals surface area (Å²) in [6.45, 7) is 3.93. The van der Waals surface area contributed by atoms with Crippen molar-refractivity contribution in [1.29, 1.82) is 0 Å². The van der Waals surface area contributed by atoms with Crippen LogP contribution in [0.15, 0.2) is 54.6 Å². The van der Waals surface area contributed by atoms with E-state index in [1.165, 1.54) is 0 Å². The fourth-order valence-electron chi connectivity index (χ4n) is 4.01. The van der Waals surface area contributed by atoms with Crippen molar-refractivity contribution in [3.63, 3.8) is 0 Å². The second-order valence-corrected chi connectivity index (χ2v) is 7.63. The van der Waals surface area contributed by atoms with Crippen LogP contribution in [0.5, 0.6) is 0 Å². The van der Waals surface area contributed by atoms with Gasteiger partial charge >= 0.3 is 0 Å². The zero-order valence-corrected chi connectivity index (χ0v) is 16.8. The number of H-pyrrole nitrogens is 1. The van der Waals surface area contributed by atoms with Crippen LogP contribution >= 0.6 is 0 Å². The van der Waals surface area contributed by atoms with Gasteiger partial charge in [-0.3, -0.25) is 9.89 Å². The van der Waals surface area contributed by atoms with Crippen molar-refractivity contribution >= 4 is 5.91 Å². The van der Waals surface area contributed by atoms with E-state index in [1.54, 1.807) is 7.11 Å². The van der Waals surface area contributed by atoms with E-state index < -0.39 is 0 Å². The highest BCUT2D eigenvalue weighted by Crippen LogP contribution is 2.32. The first-order valence-corrected chi connectivity index (χ1v) is 9.94. The molecule has 29 heavy (non-hydrogen) atoms. The molecule has 6 heteroatoms. The third-order valence-electron chi connectivity index (χ3n) is 5.66. The largest absolute Gasteiger partial charge is 0.384 e. The smallest absolute Gasteiger partial charge is 0.227 e. The molecular formula is C23H26N4O2. The van der Waals surface area contributed by atoms with Crippen molar-refractivity contribution in [2.45, 2.75) is 19.3 Å². The zero-order valence-electron chi connectivity index (χ0n) is 16.8. The van der Waals surface area contributed by atoms with Crippen LogP contribution in [0.1, 0.15) is 22.9 Å². The highest BCUT2D eigenvalue weighted by Gasteiger charge is 2.38. The molecule has 0 aliphatic carbocycles. The summed E-state index contributed by atoms with van der Waals surface area (Å²) in [4.78, 5) is 19.6. The van der Waals surface area contributed by atoms with E-state index in [9.17, 15) is 4.79 Å². The molecule has 0 unspecified atom stereocenters. The van der Waals surface area contributed by atoms with Crippen molar-refractivity contribution in [3.8, 4) is 11.4 Å². The first-order valence-electron chi connectivity index (χ1n) is 9.94. The minimum absolute atomic E-state index is 0.0840. The number of aromatic nitrogens is 3. The number of ether oxygens (including phenoxy) is 1. The predicted octanol–water partition coefficient (Wildman–Crippen LogP) is 3.21. The van der Waals surface area contributed by atoms with Crippen molar-refractivity contribution in [2.24, 2.45) is 5.92 Å². The Kier molecular flexibility index (Phi) is 5.71. The monoisotopic (exact) mass is 390 g/mol. The molecule has 1 aromatic heterocycles. The minimum Gasteiger partial charge on any atom is -0.384 e. The number of amides is 1. The highest BCUT2D eigenvalue weighted by molar-refractivity contribution is 5.79. The maximum atomic E-state index is 13.0. The number of carbonyl (C=O) groups excluding carboxylic acids is 1. The molecule has 1 amide bonds. The Balaban J connectivity index is 1.51. The van der Waals surface area contributed by atoms with Crippen LogP contribution in [0.4, 0.5) is 0 Å². The zero-order chi connectivity index (χ0) is 20.2. The van der Waals surface area contributed by atoms with Gasteiger partial charge in [0.05, 0.1) is 13.0 Å². The SMILES string of the molecule is COC[C@@H]1CN(C(=O)Cc2ccccc2C)C[C@H]1c1nc(-c2ccccc2)n[nH]1. The number of aromatic amines is 1. The van der Waals surface area contributed by atoms with E-state index in [4.69, 9.17) is 9.72 Å². The van der Waals surface area contributed by atoms with Gasteiger partial charge in [-0.15, -0.1) is 0 Å². The summed E-state index contributed by atoms with van der Waals surface area (Å²) >= 11 is 0. The minimum atomic E-state index is 0.0840. The van der Waals surface area contributed by atoms with Gasteiger partial charge in [-0.2, -0.15) is 5.10 Å². The highest BCUT2D eigenvalue weighted by atomic mass is 16.5. The number of carbonyl (C=O) groups is 1. The quantitative estimate of drug-likeness (QED) is 0.702. The van der Waals surface area contributed by atoms with Crippen molar-refractivity contribution < 1.29 is 9.53 Å². The molecule has 1 aliphatic rings. The number of nitrogens with one attached hydrogen (secondary N) is 1. The lowest BCUT2D eigenvalue weighted by atomic mass is 9.96. The molecule has 0 saturated carbocycles. The second-order valence-electron chi connectivity index (χ2n) is 7.63. The van der Waals surface area contributed by atoms with Gasteiger partial charge in [0, 0.05) is 37.6 Å². The normalized spacial score (nSPS) is 18.9. The Morgan fingerprint density at radius 3 is 2.66 bits per heavy atom. The molecule has 1 saturated heterocycles. The lowest BCUT2D eigenvalue weighted by Gasteiger charge is -2.17. The van der Waals surface area contributed by atoms with Crippen molar-refractivity contribution in [3.05, 3.63) is 71.5 Å². The number of hydrogen-bond acceptors (Lipinski definition) is 4. The molecule has 6 nitrogen and oxygen atoms in total. The van der Waals surface area contributed by atoms with Gasteiger partial charge in [0.1, 0.15) is 5.82 Å². The number of nitrogens with zero attached hydrogens (tertiary/aromatic N) is 3. The van der Waals surface area contributed by atoms with E-state index in [1.807, 2.05) is 66.4 Å². The number of hydrogen-bond donors (Lipinski definition) is 1. The molecule has 0 radical (unpaired) electrons. The second kappa shape index (κ2) is 8.57. The predicted molar refractivity (Wildman–Crippen MR) is 111 cm³/mol. The summed E-state index contributed by atoms with van der Waals surface area (Å²) in [5, 5.41) is 7.49. The molecule has 1 aliphatic heterocycles. The van der Waals surface area contributed by atoms with Crippen LogP contribution in [-0.4, -0.2) is 52.8 Å². The molecule has 0 bridgehead atoms. The summed E-state index contributed by atoms with van der Waals surface area (Å²) in [6.07, 6.45) is 0.421. The Morgan fingerprint density at radius 1 is 1.14 bits per heavy atom. The fraction of sp³-hybridized carbons (Fsp3) is 0.348. The first-order chi connectivity index (χ1) is 14.2. The number of methoxy groups -OCH3 is 1. The van der Waals surface area contributed by atoms with Gasteiger partial charge in [-0.25, -0.2) is 4.98 Å². The number of likely N-dealkylation sites (tertiary alicyclic amines) is 1. The topological polar surface area (TPSA) is 71.1 Å². The number of aryl methyl sites for hydroxylation is 1. The van der Waals surface area contributed by atoms with Gasteiger partial charge in [-0.1, -0.05) is 54.6 Å². The summed E-state index contributed by atoms with van der Waals surface area (Å²) in [7, 11) is 1.70. The molecule has 0 spiro atoms. The molecule has 150 valence electrons. The van der Waals surface area contributed by atoms with Gasteiger partial charge < -0.3 is 9.64 Å². The molecule has 3 aromatic rings. The van der Waals surface area contributed by atoms with Gasteiger partial charge in [0.2, 0.25) is 5.91 Å². The van der Waals surface area contributed by atoms with Crippen LogP contribution < -0.4 is 0 Å². The molecule has 1 fully saturated rings. The first kappa shape index (κ1) is 19.3. The van der Waals surface area contributed by atoms with E-state index in [0.717, 1.165) is 22.5 Å². The van der Waals surface area contributed by atoms with Crippen LogP contribution in [0.2, 0.25) is 0 Å². The maximum absolute atomic E-state index is 13.0. The lowest BCUT2D eigenvalue weighted by molar-refractivity contribution is -0.129. The average Bonchev–Trinajstić information content (AvgIpc) is 3.38. The van der Waals surface area contributed by atoms with Crippen LogP contribution in [0.25, 0.3) is 11.4 Å². The average molecular weight is 390 g/mol. The molecular weight excluding hydrogens is 364 g/mol. The Bertz CT molecular complexity index is 970. The molecule has 2 atom stereocenters. The summed E-state index contributed by atoms with van der Waals surface area (Å²) < 4.78 is 5.43. The summed E-state index contributed by atoms with van der Waals surface area (Å²) in [5.41, 5.74) is 3.20. The van der Waals surface area contributed by atoms with E-state index in [0.29, 0.717) is 31.9 Å². The number of rotatable bonds is 6. The van der Waals surface area contributed by atoms with Gasteiger partial charge in [-0.05, 0) is 18.1 Å². The molecule has 2 heterocycles. The lowest BCUT2D eigenvalue weighted by Crippen LogP contribution is -2.30. The molecule has 1 N–H and O–H groups in total. The van der Waals surface area contributed by atoms with Crippen LogP contribution in [0.3, 0.4) is 0 Å². The van der Waals surface area contributed by atoms with Gasteiger partial charge in [0.25, 0.3) is 0 Å². The fourth-order valence-corrected chi connectivity index (χ4v) is 4.01. The third-order valence-corrected chi connectivity index (χ3v) is 5.66. The van der Waals surface area contributed by atoms with Crippen molar-refractivity contribution in [1.82, 2.24) is 20.1 Å². The van der Waals surface area contributed by atoms with E-state index >= 15 is 0 Å². The molecule has 2 aromatic carbocycles. The Morgan fingerprint density at radius 2 is 1.90 bits per heavy atom. The Labute approximate surface area is 170 Å².